The molecule has 0 spiro atoms. The summed E-state index contributed by atoms with van der Waals surface area (Å²) in [5.74, 6) is 0.296. The second kappa shape index (κ2) is 12.3. The molecule has 2 fully saturated rings. The van der Waals surface area contributed by atoms with E-state index in [1.165, 1.54) is 6.42 Å². The molecule has 2 rings (SSSR count). The molecule has 1 N–H and O–H groups in total. The zero-order chi connectivity index (χ0) is 15.1. The van der Waals surface area contributed by atoms with Crippen LogP contribution < -0.4 is 5.32 Å². The topological polar surface area (TPSA) is 44.8 Å². The quantitative estimate of drug-likeness (QED) is 0.709. The van der Waals surface area contributed by atoms with Gasteiger partial charge in [0.2, 0.25) is 5.91 Å². The van der Waals surface area contributed by atoms with Crippen molar-refractivity contribution in [1.82, 2.24) is 15.1 Å². The van der Waals surface area contributed by atoms with E-state index in [9.17, 15) is 4.79 Å². The average molecular weight is 370 g/mol. The lowest BCUT2D eigenvalue weighted by Gasteiger charge is -2.21. The lowest BCUT2D eigenvalue weighted by Crippen LogP contribution is -2.35. The van der Waals surface area contributed by atoms with E-state index in [2.05, 4.69) is 24.1 Å². The molecule has 2 aliphatic rings. The molecule has 1 amide bonds. The lowest BCUT2D eigenvalue weighted by atomic mass is 10.1. The van der Waals surface area contributed by atoms with E-state index in [0.717, 1.165) is 58.7 Å². The van der Waals surface area contributed by atoms with Gasteiger partial charge in [-0.15, -0.1) is 24.8 Å². The summed E-state index contributed by atoms with van der Waals surface area (Å²) in [6.45, 7) is 11.0. The molecule has 0 saturated carbocycles. The van der Waals surface area contributed by atoms with Crippen LogP contribution in [0.15, 0.2) is 0 Å². The third-order valence-corrected chi connectivity index (χ3v) is 4.74. The Morgan fingerprint density at radius 3 is 2.61 bits per heavy atom. The molecule has 5 nitrogen and oxygen atoms in total. The summed E-state index contributed by atoms with van der Waals surface area (Å²) in [5.41, 5.74) is 0. The Kier molecular flexibility index (Phi) is 12.3. The molecule has 0 bridgehead atoms. The number of halogens is 2. The van der Waals surface area contributed by atoms with Crippen LogP contribution in [0.5, 0.6) is 0 Å². The van der Waals surface area contributed by atoms with Crippen LogP contribution in [0.4, 0.5) is 0 Å². The molecule has 2 unspecified atom stereocenters. The molecule has 0 aromatic heterocycles. The van der Waals surface area contributed by atoms with Crippen molar-refractivity contribution in [3.05, 3.63) is 0 Å². The number of carbonyl (C=O) groups is 1. The van der Waals surface area contributed by atoms with Crippen molar-refractivity contribution in [3.63, 3.8) is 0 Å². The van der Waals surface area contributed by atoms with Gasteiger partial charge in [-0.2, -0.15) is 0 Å². The lowest BCUT2D eigenvalue weighted by molar-refractivity contribution is -0.131. The molecule has 2 atom stereocenters. The number of rotatable bonds is 8. The van der Waals surface area contributed by atoms with E-state index in [-0.39, 0.29) is 30.9 Å². The predicted octanol–water partition coefficient (Wildman–Crippen LogP) is 1.93. The third-order valence-electron chi connectivity index (χ3n) is 4.74. The summed E-state index contributed by atoms with van der Waals surface area (Å²) < 4.78 is 5.94. The van der Waals surface area contributed by atoms with Crippen LogP contribution in [0, 0.1) is 0 Å². The Hall–Kier alpha value is -0.0700. The Balaban J connectivity index is 0.00000242. The number of amides is 1. The van der Waals surface area contributed by atoms with Gasteiger partial charge in [-0.25, -0.2) is 0 Å². The van der Waals surface area contributed by atoms with Gasteiger partial charge in [-0.05, 0) is 38.9 Å². The van der Waals surface area contributed by atoms with E-state index in [0.29, 0.717) is 18.4 Å². The summed E-state index contributed by atoms with van der Waals surface area (Å²) in [6, 6.07) is 0.403. The zero-order valence-corrected chi connectivity index (χ0v) is 16.1. The number of hydrogen-bond donors (Lipinski definition) is 1. The van der Waals surface area contributed by atoms with Crippen molar-refractivity contribution in [2.45, 2.75) is 51.7 Å². The van der Waals surface area contributed by atoms with Crippen molar-refractivity contribution >= 4 is 30.7 Å². The summed E-state index contributed by atoms with van der Waals surface area (Å²) in [5, 5.41) is 3.40. The van der Waals surface area contributed by atoms with Gasteiger partial charge in [-0.1, -0.05) is 13.8 Å². The van der Waals surface area contributed by atoms with Gasteiger partial charge in [0.25, 0.3) is 0 Å². The van der Waals surface area contributed by atoms with Crippen LogP contribution in [-0.2, 0) is 9.53 Å². The van der Waals surface area contributed by atoms with Gasteiger partial charge >= 0.3 is 0 Å². The highest BCUT2D eigenvalue weighted by Crippen LogP contribution is 2.16. The zero-order valence-electron chi connectivity index (χ0n) is 14.5. The maximum atomic E-state index is 12.2. The van der Waals surface area contributed by atoms with Gasteiger partial charge < -0.3 is 19.9 Å². The van der Waals surface area contributed by atoms with E-state index >= 15 is 0 Å². The first-order valence-corrected chi connectivity index (χ1v) is 8.58. The summed E-state index contributed by atoms with van der Waals surface area (Å²) in [4.78, 5) is 16.6. The van der Waals surface area contributed by atoms with E-state index in [4.69, 9.17) is 4.74 Å². The van der Waals surface area contributed by atoms with Crippen molar-refractivity contribution in [2.75, 3.05) is 45.9 Å². The van der Waals surface area contributed by atoms with Crippen molar-refractivity contribution in [2.24, 2.45) is 0 Å². The Labute approximate surface area is 153 Å². The highest BCUT2D eigenvalue weighted by atomic mass is 35.5. The standard InChI is InChI=1S/C16H31N3O2.2ClH/c1-3-18(4-2)10-11-21-15-7-9-19(13-15)16(20)12-14-6-5-8-17-14;;/h14-15,17H,3-13H2,1-2H3;2*1H. The molecule has 0 aromatic carbocycles. The fourth-order valence-electron chi connectivity index (χ4n) is 3.25. The minimum Gasteiger partial charge on any atom is -0.375 e. The number of hydrogen-bond acceptors (Lipinski definition) is 4. The van der Waals surface area contributed by atoms with Crippen molar-refractivity contribution in [3.8, 4) is 0 Å². The number of likely N-dealkylation sites (N-methyl/N-ethyl adjacent to an activating group) is 1. The van der Waals surface area contributed by atoms with Crippen molar-refractivity contribution in [1.29, 1.82) is 0 Å². The van der Waals surface area contributed by atoms with Gasteiger partial charge in [0, 0.05) is 32.1 Å². The van der Waals surface area contributed by atoms with Gasteiger partial charge in [-0.3, -0.25) is 4.79 Å². The molecule has 0 aromatic rings. The molecule has 138 valence electrons. The van der Waals surface area contributed by atoms with E-state index in [1.54, 1.807) is 0 Å². The monoisotopic (exact) mass is 369 g/mol. The highest BCUT2D eigenvalue weighted by Gasteiger charge is 2.28. The van der Waals surface area contributed by atoms with Crippen LogP contribution in [-0.4, -0.2) is 73.7 Å². The fraction of sp³-hybridized carbons (Fsp3) is 0.938. The normalized spacial score (nSPS) is 23.7. The molecule has 2 saturated heterocycles. The number of ether oxygens (including phenoxy) is 1. The first-order chi connectivity index (χ1) is 10.2. The second-order valence-corrected chi connectivity index (χ2v) is 6.15. The number of likely N-dealkylation sites (tertiary alicyclic amines) is 1. The Bertz CT molecular complexity index is 324. The molecule has 2 aliphatic heterocycles. The highest BCUT2D eigenvalue weighted by molar-refractivity contribution is 5.85. The first kappa shape index (κ1) is 22.9. The number of carbonyl (C=O) groups excluding carboxylic acids is 1. The van der Waals surface area contributed by atoms with E-state index < -0.39 is 0 Å². The maximum absolute atomic E-state index is 12.2. The number of nitrogens with zero attached hydrogens (tertiary/aromatic N) is 2. The summed E-state index contributed by atoms with van der Waals surface area (Å²) in [7, 11) is 0. The van der Waals surface area contributed by atoms with Gasteiger partial charge in [0.1, 0.15) is 0 Å². The molecule has 0 aliphatic carbocycles. The Morgan fingerprint density at radius 1 is 1.26 bits per heavy atom. The van der Waals surface area contributed by atoms with Crippen molar-refractivity contribution < 1.29 is 9.53 Å². The molecule has 7 heteroatoms. The molecule has 23 heavy (non-hydrogen) atoms. The van der Waals surface area contributed by atoms with E-state index in [1.807, 2.05) is 4.90 Å². The van der Waals surface area contributed by atoms with Crippen LogP contribution in [0.1, 0.15) is 39.5 Å². The van der Waals surface area contributed by atoms with Gasteiger partial charge in [0.05, 0.1) is 12.7 Å². The molecular weight excluding hydrogens is 337 g/mol. The summed E-state index contributed by atoms with van der Waals surface area (Å²) >= 11 is 0. The fourth-order valence-corrected chi connectivity index (χ4v) is 3.25. The molecule has 0 radical (unpaired) electrons. The smallest absolute Gasteiger partial charge is 0.224 e. The largest absolute Gasteiger partial charge is 0.375 e. The third kappa shape index (κ3) is 7.57. The Morgan fingerprint density at radius 2 is 2.00 bits per heavy atom. The average Bonchev–Trinajstić information content (AvgIpc) is 3.15. The van der Waals surface area contributed by atoms with Crippen LogP contribution in [0.25, 0.3) is 0 Å². The number of nitrogens with one attached hydrogen (secondary N) is 1. The predicted molar refractivity (Wildman–Crippen MR) is 98.9 cm³/mol. The van der Waals surface area contributed by atoms with Crippen LogP contribution in [0.2, 0.25) is 0 Å². The SMILES string of the molecule is CCN(CC)CCOC1CCN(C(=O)CC2CCCN2)C1.Cl.Cl. The van der Waals surface area contributed by atoms with Crippen LogP contribution >= 0.6 is 24.8 Å². The maximum Gasteiger partial charge on any atom is 0.224 e. The summed E-state index contributed by atoms with van der Waals surface area (Å²) in [6.07, 6.45) is 4.23. The van der Waals surface area contributed by atoms with Crippen LogP contribution in [0.3, 0.4) is 0 Å². The first-order valence-electron chi connectivity index (χ1n) is 8.58. The second-order valence-electron chi connectivity index (χ2n) is 6.15. The molecule has 2 heterocycles. The van der Waals surface area contributed by atoms with Gasteiger partial charge in [0.15, 0.2) is 0 Å². The minimum absolute atomic E-state index is 0. The molecular formula is C16H33Cl2N3O2. The minimum atomic E-state index is 0.